The summed E-state index contributed by atoms with van der Waals surface area (Å²) in [6, 6.07) is 11.2. The van der Waals surface area contributed by atoms with Crippen molar-refractivity contribution in [2.45, 2.75) is 31.0 Å². The fourth-order valence-electron chi connectivity index (χ4n) is 3.38. The van der Waals surface area contributed by atoms with Gasteiger partial charge in [-0.2, -0.15) is 4.31 Å². The lowest BCUT2D eigenvalue weighted by Gasteiger charge is -2.34. The van der Waals surface area contributed by atoms with E-state index in [0.29, 0.717) is 28.8 Å². The highest BCUT2D eigenvalue weighted by Gasteiger charge is 2.32. The van der Waals surface area contributed by atoms with E-state index in [9.17, 15) is 13.2 Å². The van der Waals surface area contributed by atoms with Crippen LogP contribution in [0, 0.1) is 0 Å². The van der Waals surface area contributed by atoms with Crippen molar-refractivity contribution in [2.75, 3.05) is 18.4 Å². The molecule has 2 aromatic carbocycles. The Morgan fingerprint density at radius 3 is 2.50 bits per heavy atom. The molecule has 1 fully saturated rings. The molecule has 0 spiro atoms. The number of halogens is 1. The molecule has 3 aromatic rings. The van der Waals surface area contributed by atoms with Crippen LogP contribution in [0.1, 0.15) is 24.2 Å². The molecule has 1 N–H and O–H groups in total. The maximum atomic E-state index is 12.9. The molecule has 0 unspecified atom stereocenters. The Bertz CT molecular complexity index is 1180. The standard InChI is InChI=1S/C20H20ClN3O4S2/c1-12-10-24(11-13(2)28-12)30(26,27)16-6-3-14(4-7-16)19(25)23-20-22-17-8-5-15(21)9-18(17)29-20/h3-9,12-13H,10-11H2,1-2H3,(H,22,23,25)/t12-,13-/m0/s1. The normalized spacial score (nSPS) is 20.4. The first kappa shape index (κ1) is 21.2. The predicted octanol–water partition coefficient (Wildman–Crippen LogP) is 4.00. The van der Waals surface area contributed by atoms with Crippen LogP contribution in [0.2, 0.25) is 5.02 Å². The second-order valence-corrected chi connectivity index (χ2v) is 10.6. The number of hydrogen-bond acceptors (Lipinski definition) is 6. The van der Waals surface area contributed by atoms with Crippen molar-refractivity contribution in [3.05, 3.63) is 53.1 Å². The molecule has 0 saturated carbocycles. The number of hydrogen-bond donors (Lipinski definition) is 1. The number of sulfonamides is 1. The van der Waals surface area contributed by atoms with E-state index in [1.165, 1.54) is 39.9 Å². The number of thiazole rings is 1. The molecule has 1 aliphatic heterocycles. The molecule has 1 aliphatic rings. The average Bonchev–Trinajstić information content (AvgIpc) is 3.08. The summed E-state index contributed by atoms with van der Waals surface area (Å²) in [6.07, 6.45) is -0.338. The van der Waals surface area contributed by atoms with Crippen LogP contribution in [0.4, 0.5) is 5.13 Å². The van der Waals surface area contributed by atoms with Gasteiger partial charge in [0.1, 0.15) is 0 Å². The van der Waals surface area contributed by atoms with Gasteiger partial charge in [0.2, 0.25) is 10.0 Å². The Morgan fingerprint density at radius 2 is 1.83 bits per heavy atom. The van der Waals surface area contributed by atoms with Crippen LogP contribution in [0.5, 0.6) is 0 Å². The molecule has 158 valence electrons. The quantitative estimate of drug-likeness (QED) is 0.629. The number of ether oxygens (including phenoxy) is 1. The van der Waals surface area contributed by atoms with Crippen LogP contribution in [0.15, 0.2) is 47.4 Å². The van der Waals surface area contributed by atoms with E-state index in [1.807, 2.05) is 13.8 Å². The molecular weight excluding hydrogens is 446 g/mol. The molecule has 10 heteroatoms. The molecule has 0 radical (unpaired) electrons. The zero-order valence-electron chi connectivity index (χ0n) is 16.3. The van der Waals surface area contributed by atoms with Crippen molar-refractivity contribution in [1.29, 1.82) is 0 Å². The Hall–Kier alpha value is -2.04. The molecule has 2 heterocycles. The number of rotatable bonds is 4. The third-order valence-electron chi connectivity index (χ3n) is 4.71. The molecular formula is C20H20ClN3O4S2. The van der Waals surface area contributed by atoms with Gasteiger partial charge < -0.3 is 4.74 Å². The summed E-state index contributed by atoms with van der Waals surface area (Å²) < 4.78 is 33.8. The van der Waals surface area contributed by atoms with Crippen molar-refractivity contribution < 1.29 is 17.9 Å². The fourth-order valence-corrected chi connectivity index (χ4v) is 6.10. The molecule has 1 aromatic heterocycles. The van der Waals surface area contributed by atoms with Crippen molar-refractivity contribution in [2.24, 2.45) is 0 Å². The van der Waals surface area contributed by atoms with Gasteiger partial charge in [0, 0.05) is 23.7 Å². The summed E-state index contributed by atoms with van der Waals surface area (Å²) in [5, 5.41) is 3.80. The maximum Gasteiger partial charge on any atom is 0.257 e. The molecule has 1 saturated heterocycles. The minimum atomic E-state index is -3.65. The largest absolute Gasteiger partial charge is 0.373 e. The minimum absolute atomic E-state index is 0.148. The zero-order chi connectivity index (χ0) is 21.5. The second kappa shape index (κ2) is 8.24. The monoisotopic (exact) mass is 465 g/mol. The van der Waals surface area contributed by atoms with E-state index in [0.717, 1.165) is 10.2 Å². The summed E-state index contributed by atoms with van der Waals surface area (Å²) >= 11 is 7.30. The SMILES string of the molecule is C[C@H]1CN(S(=O)(=O)c2ccc(C(=O)Nc3nc4ccc(Cl)cc4s3)cc2)C[C@H](C)O1. The average molecular weight is 466 g/mol. The van der Waals surface area contributed by atoms with Gasteiger partial charge in [0.05, 0.1) is 27.3 Å². The van der Waals surface area contributed by atoms with Crippen molar-refractivity contribution >= 4 is 54.2 Å². The number of nitrogens with zero attached hydrogens (tertiary/aromatic N) is 2. The summed E-state index contributed by atoms with van der Waals surface area (Å²) in [4.78, 5) is 17.1. The van der Waals surface area contributed by atoms with Gasteiger partial charge in [-0.15, -0.1) is 0 Å². The molecule has 7 nitrogen and oxygen atoms in total. The zero-order valence-corrected chi connectivity index (χ0v) is 18.7. The molecule has 0 bridgehead atoms. The second-order valence-electron chi connectivity index (χ2n) is 7.19. The van der Waals surface area contributed by atoms with Crippen LogP contribution in [0.3, 0.4) is 0 Å². The lowest BCUT2D eigenvalue weighted by atomic mass is 10.2. The molecule has 30 heavy (non-hydrogen) atoms. The number of amides is 1. The van der Waals surface area contributed by atoms with E-state index >= 15 is 0 Å². The first-order chi connectivity index (χ1) is 14.2. The summed E-state index contributed by atoms with van der Waals surface area (Å²) in [5.41, 5.74) is 1.09. The van der Waals surface area contributed by atoms with E-state index < -0.39 is 10.0 Å². The summed E-state index contributed by atoms with van der Waals surface area (Å²) in [6.45, 7) is 4.30. The third-order valence-corrected chi connectivity index (χ3v) is 7.73. The van der Waals surface area contributed by atoms with Crippen LogP contribution < -0.4 is 5.32 Å². The highest BCUT2D eigenvalue weighted by Crippen LogP contribution is 2.29. The number of nitrogens with one attached hydrogen (secondary N) is 1. The Balaban J connectivity index is 1.50. The number of anilines is 1. The van der Waals surface area contributed by atoms with Gasteiger partial charge in [0.15, 0.2) is 5.13 Å². The van der Waals surface area contributed by atoms with E-state index in [-0.39, 0.29) is 23.0 Å². The first-order valence-electron chi connectivity index (χ1n) is 9.35. The Morgan fingerprint density at radius 1 is 1.17 bits per heavy atom. The van der Waals surface area contributed by atoms with Gasteiger partial charge in [-0.1, -0.05) is 22.9 Å². The van der Waals surface area contributed by atoms with Crippen LogP contribution in [-0.4, -0.2) is 48.9 Å². The number of carbonyl (C=O) groups excluding carboxylic acids is 1. The molecule has 4 rings (SSSR count). The highest BCUT2D eigenvalue weighted by molar-refractivity contribution is 7.89. The van der Waals surface area contributed by atoms with E-state index in [2.05, 4.69) is 10.3 Å². The van der Waals surface area contributed by atoms with Crippen LogP contribution >= 0.6 is 22.9 Å². The van der Waals surface area contributed by atoms with Gasteiger partial charge in [-0.25, -0.2) is 13.4 Å². The number of benzene rings is 2. The lowest BCUT2D eigenvalue weighted by molar-refractivity contribution is -0.0440. The third kappa shape index (κ3) is 4.35. The summed E-state index contributed by atoms with van der Waals surface area (Å²) in [5.74, 6) is -0.363. The van der Waals surface area contributed by atoms with Gasteiger partial charge in [-0.05, 0) is 56.3 Å². The number of morpholine rings is 1. The Labute approximate surface area is 183 Å². The number of aromatic nitrogens is 1. The lowest BCUT2D eigenvalue weighted by Crippen LogP contribution is -2.48. The summed E-state index contributed by atoms with van der Waals surface area (Å²) in [7, 11) is -3.65. The fraction of sp³-hybridized carbons (Fsp3) is 0.300. The molecule has 0 aliphatic carbocycles. The maximum absolute atomic E-state index is 12.9. The number of fused-ring (bicyclic) bond motifs is 1. The van der Waals surface area contributed by atoms with Crippen molar-refractivity contribution in [1.82, 2.24) is 9.29 Å². The number of carbonyl (C=O) groups is 1. The van der Waals surface area contributed by atoms with Gasteiger partial charge in [0.25, 0.3) is 5.91 Å². The first-order valence-corrected chi connectivity index (χ1v) is 12.0. The van der Waals surface area contributed by atoms with E-state index in [1.54, 1.807) is 18.2 Å². The topological polar surface area (TPSA) is 88.6 Å². The smallest absolute Gasteiger partial charge is 0.257 e. The van der Waals surface area contributed by atoms with Crippen LogP contribution in [0.25, 0.3) is 10.2 Å². The predicted molar refractivity (Wildman–Crippen MR) is 118 cm³/mol. The molecule has 2 atom stereocenters. The van der Waals surface area contributed by atoms with Gasteiger partial charge >= 0.3 is 0 Å². The van der Waals surface area contributed by atoms with Crippen LogP contribution in [-0.2, 0) is 14.8 Å². The van der Waals surface area contributed by atoms with Crippen molar-refractivity contribution in [3.8, 4) is 0 Å². The van der Waals surface area contributed by atoms with E-state index in [4.69, 9.17) is 16.3 Å². The minimum Gasteiger partial charge on any atom is -0.373 e. The van der Waals surface area contributed by atoms with Crippen molar-refractivity contribution in [3.63, 3.8) is 0 Å². The Kier molecular flexibility index (Phi) is 5.82. The van der Waals surface area contributed by atoms with Gasteiger partial charge in [-0.3, -0.25) is 10.1 Å². The molecule has 1 amide bonds. The highest BCUT2D eigenvalue weighted by atomic mass is 35.5.